The van der Waals surface area contributed by atoms with Crippen molar-refractivity contribution in [3.63, 3.8) is 0 Å². The highest BCUT2D eigenvalue weighted by Crippen LogP contribution is 2.27. The van der Waals surface area contributed by atoms with Crippen LogP contribution in [0.5, 0.6) is 5.75 Å². The first-order valence-electron chi connectivity index (χ1n) is 7.42. The number of ether oxygens (including phenoxy) is 1. The first-order chi connectivity index (χ1) is 10.6. The number of benzene rings is 1. The molecule has 0 unspecified atom stereocenters. The summed E-state index contributed by atoms with van der Waals surface area (Å²) in [6.45, 7) is 1.03. The molecule has 1 amide bonds. The molecule has 22 heavy (non-hydrogen) atoms. The smallest absolute Gasteiger partial charge is 0.311 e. The number of likely N-dealkylation sites (tertiary alicyclic amines) is 1. The molecular weight excluding hydrogens is 291 g/mol. The molecule has 1 aromatic carbocycles. The molecule has 1 fully saturated rings. The fraction of sp³-hybridized carbons (Fsp3) is 0.533. The van der Waals surface area contributed by atoms with Crippen LogP contribution in [0.4, 0.5) is 10.1 Å². The summed E-state index contributed by atoms with van der Waals surface area (Å²) in [5, 5.41) is 10.9. The Balaban J connectivity index is 1.98. The van der Waals surface area contributed by atoms with Gasteiger partial charge in [0.05, 0.1) is 4.92 Å². The zero-order valence-electron chi connectivity index (χ0n) is 12.3. The number of carbonyl (C=O) groups is 1. The molecule has 1 aromatic rings. The van der Waals surface area contributed by atoms with E-state index in [2.05, 4.69) is 0 Å². The largest absolute Gasteiger partial charge is 0.477 e. The lowest BCUT2D eigenvalue weighted by molar-refractivity contribution is -0.385. The van der Waals surface area contributed by atoms with Crippen molar-refractivity contribution in [2.24, 2.45) is 0 Å². The van der Waals surface area contributed by atoms with Gasteiger partial charge in [-0.1, -0.05) is 19.3 Å². The van der Waals surface area contributed by atoms with Crippen molar-refractivity contribution >= 4 is 11.6 Å². The third-order valence-corrected chi connectivity index (χ3v) is 3.68. The Morgan fingerprint density at radius 2 is 1.86 bits per heavy atom. The summed E-state index contributed by atoms with van der Waals surface area (Å²) in [5.41, 5.74) is -0.345. The molecule has 1 heterocycles. The summed E-state index contributed by atoms with van der Waals surface area (Å²) >= 11 is 0. The summed E-state index contributed by atoms with van der Waals surface area (Å²) < 4.78 is 18.4. The number of hydrogen-bond acceptors (Lipinski definition) is 4. The van der Waals surface area contributed by atoms with Crippen molar-refractivity contribution in [2.45, 2.75) is 32.1 Å². The molecule has 1 saturated heterocycles. The highest BCUT2D eigenvalue weighted by atomic mass is 19.1. The van der Waals surface area contributed by atoms with Crippen LogP contribution in [-0.4, -0.2) is 35.4 Å². The second kappa shape index (κ2) is 7.72. The molecule has 0 aliphatic carbocycles. The SMILES string of the molecule is O=C(COc1cc(F)ccc1[N+](=O)[O-])N1CCCCCCC1. The number of nitro groups is 1. The maximum atomic E-state index is 13.2. The van der Waals surface area contributed by atoms with Crippen molar-refractivity contribution in [1.82, 2.24) is 4.90 Å². The summed E-state index contributed by atoms with van der Waals surface area (Å²) in [6.07, 6.45) is 5.28. The molecule has 0 radical (unpaired) electrons. The van der Waals surface area contributed by atoms with Crippen LogP contribution < -0.4 is 4.74 Å². The average molecular weight is 310 g/mol. The van der Waals surface area contributed by atoms with E-state index in [4.69, 9.17) is 4.74 Å². The minimum absolute atomic E-state index is 0.217. The Morgan fingerprint density at radius 3 is 2.50 bits per heavy atom. The topological polar surface area (TPSA) is 72.7 Å². The fourth-order valence-corrected chi connectivity index (χ4v) is 2.48. The van der Waals surface area contributed by atoms with Crippen LogP contribution in [0.3, 0.4) is 0 Å². The van der Waals surface area contributed by atoms with Crippen LogP contribution >= 0.6 is 0 Å². The van der Waals surface area contributed by atoms with Gasteiger partial charge in [0.2, 0.25) is 5.75 Å². The molecule has 0 N–H and O–H groups in total. The maximum Gasteiger partial charge on any atom is 0.311 e. The summed E-state index contributed by atoms with van der Waals surface area (Å²) in [6, 6.07) is 2.95. The molecule has 120 valence electrons. The molecule has 0 saturated carbocycles. The van der Waals surface area contributed by atoms with Crippen LogP contribution in [0, 0.1) is 15.9 Å². The van der Waals surface area contributed by atoms with Gasteiger partial charge in [0, 0.05) is 25.2 Å². The van der Waals surface area contributed by atoms with Crippen molar-refractivity contribution < 1.29 is 18.8 Å². The van der Waals surface area contributed by atoms with Crippen molar-refractivity contribution in [3.05, 3.63) is 34.1 Å². The van der Waals surface area contributed by atoms with Gasteiger partial charge in [-0.15, -0.1) is 0 Å². The van der Waals surface area contributed by atoms with Gasteiger partial charge >= 0.3 is 5.69 Å². The number of halogens is 1. The lowest BCUT2D eigenvalue weighted by Crippen LogP contribution is -2.37. The lowest BCUT2D eigenvalue weighted by atomic mass is 10.1. The number of hydrogen-bond donors (Lipinski definition) is 0. The highest BCUT2D eigenvalue weighted by molar-refractivity contribution is 5.77. The Labute approximate surface area is 128 Å². The summed E-state index contributed by atoms with van der Waals surface area (Å²) in [5.74, 6) is -1.08. The van der Waals surface area contributed by atoms with Gasteiger partial charge < -0.3 is 9.64 Å². The number of amides is 1. The van der Waals surface area contributed by atoms with Crippen molar-refractivity contribution in [2.75, 3.05) is 19.7 Å². The standard InChI is InChI=1S/C15H19FN2O4/c16-12-6-7-13(18(20)21)14(10-12)22-11-15(19)17-8-4-2-1-3-5-9-17/h6-7,10H,1-5,8-9,11H2. The minimum Gasteiger partial charge on any atom is -0.477 e. The van der Waals surface area contributed by atoms with Crippen LogP contribution in [0.1, 0.15) is 32.1 Å². The monoisotopic (exact) mass is 310 g/mol. The quantitative estimate of drug-likeness (QED) is 0.633. The molecule has 6 nitrogen and oxygen atoms in total. The Hall–Kier alpha value is -2.18. The van der Waals surface area contributed by atoms with Crippen LogP contribution in [0.15, 0.2) is 18.2 Å². The van der Waals surface area contributed by atoms with Crippen molar-refractivity contribution in [3.8, 4) is 5.75 Å². The molecule has 2 rings (SSSR count). The van der Waals surface area contributed by atoms with Crippen LogP contribution in [0.2, 0.25) is 0 Å². The predicted molar refractivity (Wildman–Crippen MR) is 78.2 cm³/mol. The normalized spacial score (nSPS) is 15.8. The molecule has 0 bridgehead atoms. The molecule has 0 spiro atoms. The molecule has 7 heteroatoms. The van der Waals surface area contributed by atoms with Gasteiger partial charge in [0.1, 0.15) is 5.82 Å². The maximum absolute atomic E-state index is 13.2. The van der Waals surface area contributed by atoms with Gasteiger partial charge in [0.15, 0.2) is 6.61 Å². The third kappa shape index (κ3) is 4.41. The van der Waals surface area contributed by atoms with E-state index in [1.165, 1.54) is 6.42 Å². The predicted octanol–water partition coefficient (Wildman–Crippen LogP) is 2.91. The first-order valence-corrected chi connectivity index (χ1v) is 7.42. The zero-order valence-corrected chi connectivity index (χ0v) is 12.3. The third-order valence-electron chi connectivity index (χ3n) is 3.68. The van der Waals surface area contributed by atoms with Crippen molar-refractivity contribution in [1.29, 1.82) is 0 Å². The first kappa shape index (κ1) is 16.2. The molecule has 0 atom stereocenters. The van der Waals surface area contributed by atoms with E-state index >= 15 is 0 Å². The van der Waals surface area contributed by atoms with Gasteiger partial charge in [-0.3, -0.25) is 14.9 Å². The average Bonchev–Trinajstić information content (AvgIpc) is 2.44. The van der Waals surface area contributed by atoms with E-state index in [1.54, 1.807) is 4.90 Å². The number of nitrogens with zero attached hydrogens (tertiary/aromatic N) is 2. The second-order valence-electron chi connectivity index (χ2n) is 5.31. The number of nitro benzene ring substituents is 1. The van der Waals surface area contributed by atoms with Gasteiger partial charge in [-0.2, -0.15) is 0 Å². The molecule has 1 aliphatic rings. The van der Waals surface area contributed by atoms with Gasteiger partial charge in [0.25, 0.3) is 5.91 Å². The van der Waals surface area contributed by atoms with Gasteiger partial charge in [-0.05, 0) is 18.9 Å². The van der Waals surface area contributed by atoms with Gasteiger partial charge in [-0.25, -0.2) is 4.39 Å². The minimum atomic E-state index is -0.657. The Bertz CT molecular complexity index is 542. The number of rotatable bonds is 4. The Kier molecular flexibility index (Phi) is 5.68. The summed E-state index contributed by atoms with van der Waals surface area (Å²) in [7, 11) is 0. The fourth-order valence-electron chi connectivity index (χ4n) is 2.48. The van der Waals surface area contributed by atoms with Crippen LogP contribution in [-0.2, 0) is 4.79 Å². The van der Waals surface area contributed by atoms with E-state index in [9.17, 15) is 19.3 Å². The second-order valence-corrected chi connectivity index (χ2v) is 5.31. The van der Waals surface area contributed by atoms with E-state index in [0.717, 1.165) is 43.9 Å². The van der Waals surface area contributed by atoms with E-state index in [1.807, 2.05) is 0 Å². The summed E-state index contributed by atoms with van der Waals surface area (Å²) in [4.78, 5) is 24.1. The molecule has 0 aromatic heterocycles. The van der Waals surface area contributed by atoms with Crippen LogP contribution in [0.25, 0.3) is 0 Å². The zero-order chi connectivity index (χ0) is 15.9. The Morgan fingerprint density at radius 1 is 1.23 bits per heavy atom. The molecule has 1 aliphatic heterocycles. The molecular formula is C15H19FN2O4. The number of carbonyl (C=O) groups excluding carboxylic acids is 1. The van der Waals surface area contributed by atoms with E-state index < -0.39 is 10.7 Å². The van der Waals surface area contributed by atoms with E-state index in [-0.39, 0.29) is 24.0 Å². The lowest BCUT2D eigenvalue weighted by Gasteiger charge is -2.24. The highest BCUT2D eigenvalue weighted by Gasteiger charge is 2.19. The van der Waals surface area contributed by atoms with E-state index in [0.29, 0.717) is 13.1 Å².